The van der Waals surface area contributed by atoms with Crippen LogP contribution in [-0.2, 0) is 6.54 Å². The van der Waals surface area contributed by atoms with Crippen LogP contribution in [0.2, 0.25) is 10.0 Å². The Bertz CT molecular complexity index is 398. The third kappa shape index (κ3) is 2.48. The zero-order valence-corrected chi connectivity index (χ0v) is 10.2. The minimum atomic E-state index is -0.478. The van der Waals surface area contributed by atoms with E-state index in [1.54, 1.807) is 6.07 Å². The summed E-state index contributed by atoms with van der Waals surface area (Å²) in [5, 5.41) is 0.310. The van der Waals surface area contributed by atoms with Gasteiger partial charge in [0.15, 0.2) is 0 Å². The molecule has 1 aromatic rings. The van der Waals surface area contributed by atoms with Crippen LogP contribution in [0.1, 0.15) is 12.0 Å². The highest BCUT2D eigenvalue weighted by Gasteiger charge is 2.20. The summed E-state index contributed by atoms with van der Waals surface area (Å²) >= 11 is 11.7. The zero-order chi connectivity index (χ0) is 11.7. The molecule has 1 heterocycles. The van der Waals surface area contributed by atoms with E-state index in [4.69, 9.17) is 28.9 Å². The van der Waals surface area contributed by atoms with Crippen molar-refractivity contribution in [1.82, 2.24) is 4.90 Å². The molecule has 1 fully saturated rings. The molecule has 0 amide bonds. The highest BCUT2D eigenvalue weighted by molar-refractivity contribution is 6.42. The maximum absolute atomic E-state index is 13.1. The second kappa shape index (κ2) is 4.88. The van der Waals surface area contributed by atoms with Crippen molar-refractivity contribution in [3.8, 4) is 0 Å². The average molecular weight is 263 g/mol. The predicted octanol–water partition coefficient (Wildman–Crippen LogP) is 2.67. The number of hydrogen-bond acceptors (Lipinski definition) is 2. The lowest BCUT2D eigenvalue weighted by atomic mass is 10.2. The molecule has 16 heavy (non-hydrogen) atoms. The van der Waals surface area contributed by atoms with Gasteiger partial charge in [0.05, 0.1) is 10.0 Å². The van der Waals surface area contributed by atoms with Crippen molar-refractivity contribution in [2.75, 3.05) is 13.1 Å². The Hall–Kier alpha value is -0.350. The van der Waals surface area contributed by atoms with Gasteiger partial charge >= 0.3 is 0 Å². The number of rotatable bonds is 2. The maximum atomic E-state index is 13.1. The van der Waals surface area contributed by atoms with Crippen LogP contribution in [-0.4, -0.2) is 24.0 Å². The van der Waals surface area contributed by atoms with Crippen LogP contribution >= 0.6 is 23.2 Å². The fourth-order valence-electron chi connectivity index (χ4n) is 1.94. The van der Waals surface area contributed by atoms with Crippen molar-refractivity contribution in [2.24, 2.45) is 5.73 Å². The summed E-state index contributed by atoms with van der Waals surface area (Å²) in [6, 6.07) is 3.25. The lowest BCUT2D eigenvalue weighted by Crippen LogP contribution is -2.26. The number of nitrogens with two attached hydrogens (primary N) is 1. The molecule has 2 nitrogen and oxygen atoms in total. The predicted molar refractivity (Wildman–Crippen MR) is 64.3 cm³/mol. The Morgan fingerprint density at radius 1 is 1.38 bits per heavy atom. The van der Waals surface area contributed by atoms with Crippen LogP contribution in [0.5, 0.6) is 0 Å². The lowest BCUT2D eigenvalue weighted by molar-refractivity contribution is 0.327. The van der Waals surface area contributed by atoms with Gasteiger partial charge in [-0.25, -0.2) is 4.39 Å². The van der Waals surface area contributed by atoms with E-state index < -0.39 is 5.82 Å². The minimum absolute atomic E-state index is 0.00246. The molecule has 2 rings (SSSR count). The number of halogens is 3. The molecule has 0 radical (unpaired) electrons. The smallest absolute Gasteiger partial charge is 0.143 e. The fourth-order valence-corrected chi connectivity index (χ4v) is 2.33. The topological polar surface area (TPSA) is 29.3 Å². The molecule has 2 N–H and O–H groups in total. The quantitative estimate of drug-likeness (QED) is 0.831. The van der Waals surface area contributed by atoms with E-state index in [9.17, 15) is 4.39 Å². The SMILES string of the molecule is N[C@H]1CCN(Cc2ccc(F)c(Cl)c2Cl)C1. The average Bonchev–Trinajstić information content (AvgIpc) is 2.65. The van der Waals surface area contributed by atoms with E-state index in [1.807, 2.05) is 0 Å². The summed E-state index contributed by atoms with van der Waals surface area (Å²) in [6.07, 6.45) is 0.993. The standard InChI is InChI=1S/C11H13Cl2FN2/c12-10-7(1-2-9(14)11(10)13)5-16-4-3-8(15)6-16/h1-2,8H,3-6,15H2/t8-/m0/s1. The van der Waals surface area contributed by atoms with Gasteiger partial charge in [-0.15, -0.1) is 0 Å². The first-order valence-corrected chi connectivity index (χ1v) is 5.94. The molecule has 1 aliphatic heterocycles. The van der Waals surface area contributed by atoms with Gasteiger partial charge in [-0.05, 0) is 18.1 Å². The molecular weight excluding hydrogens is 250 g/mol. The third-order valence-corrected chi connectivity index (χ3v) is 3.72. The number of nitrogens with zero attached hydrogens (tertiary/aromatic N) is 1. The van der Waals surface area contributed by atoms with E-state index in [0.717, 1.165) is 25.1 Å². The normalized spacial score (nSPS) is 21.6. The number of benzene rings is 1. The first-order valence-electron chi connectivity index (χ1n) is 5.18. The van der Waals surface area contributed by atoms with Gasteiger partial charge < -0.3 is 5.73 Å². The zero-order valence-electron chi connectivity index (χ0n) is 8.72. The van der Waals surface area contributed by atoms with Crippen LogP contribution in [0.25, 0.3) is 0 Å². The summed E-state index contributed by atoms with van der Waals surface area (Å²) in [7, 11) is 0. The van der Waals surface area contributed by atoms with E-state index in [2.05, 4.69) is 4.90 Å². The van der Waals surface area contributed by atoms with Crippen LogP contribution in [0.15, 0.2) is 12.1 Å². The summed E-state index contributed by atoms with van der Waals surface area (Å²) in [5.41, 5.74) is 6.66. The van der Waals surface area contributed by atoms with Gasteiger partial charge in [0.2, 0.25) is 0 Å². The molecule has 0 bridgehead atoms. The summed E-state index contributed by atoms with van der Waals surface area (Å²) in [4.78, 5) is 2.19. The third-order valence-electron chi connectivity index (χ3n) is 2.82. The molecule has 88 valence electrons. The first kappa shape index (κ1) is 12.1. The van der Waals surface area contributed by atoms with Gasteiger partial charge in [-0.1, -0.05) is 29.3 Å². The fraction of sp³-hybridized carbons (Fsp3) is 0.455. The molecule has 0 unspecified atom stereocenters. The van der Waals surface area contributed by atoms with Crippen LogP contribution < -0.4 is 5.73 Å². The van der Waals surface area contributed by atoms with Gasteiger partial charge in [0.1, 0.15) is 5.82 Å². The summed E-state index contributed by atoms with van der Waals surface area (Å²) < 4.78 is 13.1. The Labute approximate surface area is 104 Å². The molecule has 1 aliphatic rings. The Morgan fingerprint density at radius 2 is 2.12 bits per heavy atom. The highest BCUT2D eigenvalue weighted by Crippen LogP contribution is 2.29. The largest absolute Gasteiger partial charge is 0.326 e. The van der Waals surface area contributed by atoms with E-state index >= 15 is 0 Å². The van der Waals surface area contributed by atoms with E-state index in [-0.39, 0.29) is 11.1 Å². The molecule has 1 saturated heterocycles. The second-order valence-electron chi connectivity index (χ2n) is 4.12. The molecule has 0 aromatic heterocycles. The van der Waals surface area contributed by atoms with Gasteiger partial charge in [-0.3, -0.25) is 4.90 Å². The van der Waals surface area contributed by atoms with Crippen molar-refractivity contribution in [1.29, 1.82) is 0 Å². The Balaban J connectivity index is 2.13. The molecule has 0 saturated carbocycles. The van der Waals surface area contributed by atoms with Gasteiger partial charge in [0.25, 0.3) is 0 Å². The van der Waals surface area contributed by atoms with Crippen molar-refractivity contribution in [3.05, 3.63) is 33.6 Å². The molecular formula is C11H13Cl2FN2. The van der Waals surface area contributed by atoms with Crippen molar-refractivity contribution < 1.29 is 4.39 Å². The highest BCUT2D eigenvalue weighted by atomic mass is 35.5. The lowest BCUT2D eigenvalue weighted by Gasteiger charge is -2.16. The van der Waals surface area contributed by atoms with Crippen molar-refractivity contribution in [3.63, 3.8) is 0 Å². The summed E-state index contributed by atoms with van der Waals surface area (Å²) in [5.74, 6) is -0.478. The molecule has 0 spiro atoms. The van der Waals surface area contributed by atoms with Crippen LogP contribution in [0.3, 0.4) is 0 Å². The second-order valence-corrected chi connectivity index (χ2v) is 4.87. The van der Waals surface area contributed by atoms with E-state index in [0.29, 0.717) is 11.6 Å². The number of hydrogen-bond donors (Lipinski definition) is 1. The van der Waals surface area contributed by atoms with Crippen molar-refractivity contribution >= 4 is 23.2 Å². The van der Waals surface area contributed by atoms with Crippen LogP contribution in [0.4, 0.5) is 4.39 Å². The maximum Gasteiger partial charge on any atom is 0.143 e. The minimum Gasteiger partial charge on any atom is -0.326 e. The summed E-state index contributed by atoms with van der Waals surface area (Å²) in [6.45, 7) is 2.48. The Kier molecular flexibility index (Phi) is 3.70. The molecule has 0 aliphatic carbocycles. The Morgan fingerprint density at radius 3 is 2.75 bits per heavy atom. The van der Waals surface area contributed by atoms with Crippen molar-refractivity contribution in [2.45, 2.75) is 19.0 Å². The van der Waals surface area contributed by atoms with Gasteiger partial charge in [-0.2, -0.15) is 0 Å². The molecule has 5 heteroatoms. The monoisotopic (exact) mass is 262 g/mol. The van der Waals surface area contributed by atoms with Gasteiger partial charge in [0, 0.05) is 25.7 Å². The van der Waals surface area contributed by atoms with E-state index in [1.165, 1.54) is 6.07 Å². The molecule has 1 aromatic carbocycles. The molecule has 1 atom stereocenters. The van der Waals surface area contributed by atoms with Crippen LogP contribution in [0, 0.1) is 5.82 Å². The number of likely N-dealkylation sites (tertiary alicyclic amines) is 1. The first-order chi connectivity index (χ1) is 7.58.